The molecule has 1 aromatic heterocycles. The highest BCUT2D eigenvalue weighted by Crippen LogP contribution is 2.35. The number of nitrogens with zero attached hydrogens (tertiary/aromatic N) is 1. The minimum absolute atomic E-state index is 0.0604. The Kier molecular flexibility index (Phi) is 6.07. The van der Waals surface area contributed by atoms with Crippen LogP contribution < -0.4 is 15.5 Å². The maximum absolute atomic E-state index is 12.8. The van der Waals surface area contributed by atoms with E-state index in [4.69, 9.17) is 0 Å². The fraction of sp³-hybridized carbons (Fsp3) is 0.476. The number of urea groups is 1. The first-order valence-corrected chi connectivity index (χ1v) is 10.4. The summed E-state index contributed by atoms with van der Waals surface area (Å²) >= 11 is 1.66. The minimum Gasteiger partial charge on any atom is -0.393 e. The number of piperidine rings is 1. The van der Waals surface area contributed by atoms with Gasteiger partial charge in [0.05, 0.1) is 23.5 Å². The number of carbonyl (C=O) groups excluding carboxylic acids is 1. The average molecular weight is 388 g/mol. The van der Waals surface area contributed by atoms with Gasteiger partial charge in [0.2, 0.25) is 0 Å². The van der Waals surface area contributed by atoms with Gasteiger partial charge in [0.1, 0.15) is 0 Å². The number of para-hydroxylation sites is 2. The second kappa shape index (κ2) is 8.31. The van der Waals surface area contributed by atoms with Crippen molar-refractivity contribution in [3.8, 4) is 0 Å². The van der Waals surface area contributed by atoms with Gasteiger partial charge in [-0.1, -0.05) is 39.0 Å². The molecule has 0 aliphatic carbocycles. The Balaban J connectivity index is 1.72. The molecule has 2 amide bonds. The largest absolute Gasteiger partial charge is 0.393 e. The maximum atomic E-state index is 12.8. The lowest BCUT2D eigenvalue weighted by Crippen LogP contribution is -2.39. The summed E-state index contributed by atoms with van der Waals surface area (Å²) in [5, 5.41) is 18.0. The molecule has 0 unspecified atom stereocenters. The highest BCUT2D eigenvalue weighted by atomic mass is 32.1. The number of aliphatic hydroxyl groups is 1. The van der Waals surface area contributed by atoms with E-state index in [1.54, 1.807) is 11.3 Å². The van der Waals surface area contributed by atoms with Gasteiger partial charge in [0.25, 0.3) is 0 Å². The number of anilines is 2. The molecule has 1 atom stereocenters. The van der Waals surface area contributed by atoms with Gasteiger partial charge in [-0.25, -0.2) is 4.79 Å². The van der Waals surface area contributed by atoms with E-state index >= 15 is 0 Å². The summed E-state index contributed by atoms with van der Waals surface area (Å²) in [5.41, 5.74) is 1.71. The molecule has 6 heteroatoms. The summed E-state index contributed by atoms with van der Waals surface area (Å²) in [6.07, 6.45) is 1.29. The van der Waals surface area contributed by atoms with Gasteiger partial charge in [0, 0.05) is 18.0 Å². The number of hydrogen-bond donors (Lipinski definition) is 3. The van der Waals surface area contributed by atoms with E-state index in [0.717, 1.165) is 42.2 Å². The van der Waals surface area contributed by atoms with Crippen LogP contribution in [0.15, 0.2) is 41.8 Å². The second-order valence-corrected chi connectivity index (χ2v) is 9.13. The van der Waals surface area contributed by atoms with Crippen molar-refractivity contribution in [1.29, 1.82) is 0 Å². The Morgan fingerprint density at radius 2 is 1.89 bits per heavy atom. The van der Waals surface area contributed by atoms with Crippen molar-refractivity contribution < 1.29 is 9.90 Å². The van der Waals surface area contributed by atoms with Crippen LogP contribution in [0.5, 0.6) is 0 Å². The molecular formula is C21H29N3O2S. The average Bonchev–Trinajstić information content (AvgIpc) is 3.14. The van der Waals surface area contributed by atoms with Crippen LogP contribution in [0.3, 0.4) is 0 Å². The maximum Gasteiger partial charge on any atom is 0.319 e. The third kappa shape index (κ3) is 5.02. The zero-order valence-corrected chi connectivity index (χ0v) is 17.1. The van der Waals surface area contributed by atoms with Gasteiger partial charge in [-0.05, 0) is 41.8 Å². The van der Waals surface area contributed by atoms with E-state index in [1.165, 1.54) is 0 Å². The van der Waals surface area contributed by atoms with Gasteiger partial charge in [-0.3, -0.25) is 0 Å². The molecule has 1 aliphatic heterocycles. The molecule has 1 saturated heterocycles. The summed E-state index contributed by atoms with van der Waals surface area (Å²) in [6.45, 7) is 7.97. The Labute approximate surface area is 165 Å². The van der Waals surface area contributed by atoms with Crippen LogP contribution in [0.1, 0.15) is 44.5 Å². The minimum atomic E-state index is -0.219. The number of benzene rings is 1. The first kappa shape index (κ1) is 19.7. The lowest BCUT2D eigenvalue weighted by Gasteiger charge is -2.33. The second-order valence-electron chi connectivity index (χ2n) is 8.15. The summed E-state index contributed by atoms with van der Waals surface area (Å²) in [4.78, 5) is 16.1. The summed E-state index contributed by atoms with van der Waals surface area (Å²) in [6, 6.07) is 11.7. The van der Waals surface area contributed by atoms with Crippen LogP contribution >= 0.6 is 11.3 Å². The third-order valence-corrected chi connectivity index (χ3v) is 5.86. The van der Waals surface area contributed by atoms with Crippen LogP contribution in [0.4, 0.5) is 16.2 Å². The van der Waals surface area contributed by atoms with E-state index in [2.05, 4.69) is 42.4 Å². The van der Waals surface area contributed by atoms with E-state index in [0.29, 0.717) is 0 Å². The van der Waals surface area contributed by atoms with Crippen LogP contribution in [0.25, 0.3) is 0 Å². The summed E-state index contributed by atoms with van der Waals surface area (Å²) < 4.78 is 0. The highest BCUT2D eigenvalue weighted by molar-refractivity contribution is 7.10. The summed E-state index contributed by atoms with van der Waals surface area (Å²) in [7, 11) is 0. The standard InChI is InChI=1S/C21H29N3O2S/c1-21(2,3)19(18-9-6-14-27-18)23-20(26)22-16-7-4-5-8-17(16)24-12-10-15(25)11-13-24/h4-9,14-15,19,25H,10-13H2,1-3H3,(H2,22,23,26)/t19-/m1/s1. The van der Waals surface area contributed by atoms with Crippen molar-refractivity contribution >= 4 is 28.7 Å². The van der Waals surface area contributed by atoms with E-state index < -0.39 is 0 Å². The van der Waals surface area contributed by atoms with Crippen LogP contribution in [0.2, 0.25) is 0 Å². The van der Waals surface area contributed by atoms with Gasteiger partial charge >= 0.3 is 6.03 Å². The lowest BCUT2D eigenvalue weighted by atomic mass is 9.86. The number of amides is 2. The first-order chi connectivity index (χ1) is 12.8. The predicted molar refractivity (Wildman–Crippen MR) is 113 cm³/mol. The fourth-order valence-corrected chi connectivity index (χ4v) is 4.44. The fourth-order valence-electron chi connectivity index (χ4n) is 3.42. The molecule has 1 aromatic carbocycles. The Hall–Kier alpha value is -2.05. The van der Waals surface area contributed by atoms with E-state index in [-0.39, 0.29) is 23.6 Å². The quantitative estimate of drug-likeness (QED) is 0.717. The number of thiophene rings is 1. The van der Waals surface area contributed by atoms with E-state index in [9.17, 15) is 9.90 Å². The van der Waals surface area contributed by atoms with Crippen molar-refractivity contribution in [2.45, 2.75) is 45.8 Å². The lowest BCUT2D eigenvalue weighted by molar-refractivity contribution is 0.145. The molecule has 27 heavy (non-hydrogen) atoms. The van der Waals surface area contributed by atoms with Crippen LogP contribution in [-0.2, 0) is 0 Å². The van der Waals surface area contributed by atoms with Crippen LogP contribution in [0, 0.1) is 5.41 Å². The van der Waals surface area contributed by atoms with Gasteiger partial charge in [-0.2, -0.15) is 0 Å². The molecule has 2 aromatic rings. The third-order valence-electron chi connectivity index (χ3n) is 4.93. The molecule has 3 N–H and O–H groups in total. The molecule has 2 heterocycles. The van der Waals surface area contributed by atoms with Gasteiger partial charge in [0.15, 0.2) is 0 Å². The van der Waals surface area contributed by atoms with Crippen molar-refractivity contribution in [2.75, 3.05) is 23.3 Å². The zero-order chi connectivity index (χ0) is 19.4. The van der Waals surface area contributed by atoms with Crippen molar-refractivity contribution in [1.82, 2.24) is 5.32 Å². The molecule has 1 aliphatic rings. The Bertz CT molecular complexity index is 747. The predicted octanol–water partition coefficient (Wildman–Crippen LogP) is 4.62. The number of carbonyl (C=O) groups is 1. The number of rotatable bonds is 4. The molecule has 0 radical (unpaired) electrons. The van der Waals surface area contributed by atoms with Crippen LogP contribution in [-0.4, -0.2) is 30.3 Å². The molecule has 1 fully saturated rings. The van der Waals surface area contributed by atoms with E-state index in [1.807, 2.05) is 35.7 Å². The van der Waals surface area contributed by atoms with Crippen molar-refractivity contribution in [3.63, 3.8) is 0 Å². The molecule has 0 saturated carbocycles. The topological polar surface area (TPSA) is 64.6 Å². The molecule has 0 spiro atoms. The molecule has 5 nitrogen and oxygen atoms in total. The molecule has 0 bridgehead atoms. The Morgan fingerprint density at radius 3 is 2.52 bits per heavy atom. The van der Waals surface area contributed by atoms with Gasteiger partial charge in [-0.15, -0.1) is 11.3 Å². The SMILES string of the molecule is CC(C)(C)[C@H](NC(=O)Nc1ccccc1N1CCC(O)CC1)c1cccs1. The smallest absolute Gasteiger partial charge is 0.319 e. The van der Waals surface area contributed by atoms with Crippen molar-refractivity contribution in [2.24, 2.45) is 5.41 Å². The molecule has 146 valence electrons. The molecule has 3 rings (SSSR count). The Morgan fingerprint density at radius 1 is 1.19 bits per heavy atom. The first-order valence-electron chi connectivity index (χ1n) is 9.47. The number of aliphatic hydroxyl groups excluding tert-OH is 1. The highest BCUT2D eigenvalue weighted by Gasteiger charge is 2.29. The normalized spacial score (nSPS) is 16.8. The molecular weight excluding hydrogens is 358 g/mol. The number of nitrogens with one attached hydrogen (secondary N) is 2. The van der Waals surface area contributed by atoms with Gasteiger partial charge < -0.3 is 20.6 Å². The summed E-state index contributed by atoms with van der Waals surface area (Å²) in [5.74, 6) is 0. The van der Waals surface area contributed by atoms with Crippen molar-refractivity contribution in [3.05, 3.63) is 46.7 Å². The zero-order valence-electron chi connectivity index (χ0n) is 16.2. The monoisotopic (exact) mass is 387 g/mol. The number of hydrogen-bond acceptors (Lipinski definition) is 4.